The maximum atomic E-state index is 12.3. The molecule has 0 aliphatic rings. The largest absolute Gasteiger partial charge is 0.495 e. The van der Waals surface area contributed by atoms with Crippen LogP contribution in [0.3, 0.4) is 0 Å². The van der Waals surface area contributed by atoms with E-state index in [-0.39, 0.29) is 16.7 Å². The highest BCUT2D eigenvalue weighted by Gasteiger charge is 2.25. The average Bonchev–Trinajstić information content (AvgIpc) is 2.36. The number of nitrogen functional groups attached to an aromatic ring is 1. The molecule has 0 radical (unpaired) electrons. The quantitative estimate of drug-likeness (QED) is 0.661. The van der Waals surface area contributed by atoms with Gasteiger partial charge >= 0.3 is 0 Å². The maximum absolute atomic E-state index is 12.3. The molecule has 0 spiro atoms. The predicted molar refractivity (Wildman–Crippen MR) is 80.5 cm³/mol. The second-order valence-corrected chi connectivity index (χ2v) is 6.60. The van der Waals surface area contributed by atoms with E-state index in [1.807, 2.05) is 0 Å². The van der Waals surface area contributed by atoms with Gasteiger partial charge in [0, 0.05) is 17.8 Å². The van der Waals surface area contributed by atoms with E-state index in [1.165, 1.54) is 32.2 Å². The van der Waals surface area contributed by atoms with Gasteiger partial charge in [-0.3, -0.25) is 4.79 Å². The molecule has 1 atom stereocenters. The Morgan fingerprint density at radius 2 is 1.90 bits per heavy atom. The zero-order valence-corrected chi connectivity index (χ0v) is 13.3. The molecule has 0 saturated carbocycles. The Morgan fingerprint density at radius 3 is 2.43 bits per heavy atom. The SMILES string of the molecule is COc1cc(N)ccc1S(=O)(=O)NC(C)C(=O)NC(C)C. The summed E-state index contributed by atoms with van der Waals surface area (Å²) < 4.78 is 32.0. The number of sulfonamides is 1. The number of anilines is 1. The van der Waals surface area contributed by atoms with Crippen LogP contribution in [0.2, 0.25) is 0 Å². The van der Waals surface area contributed by atoms with Crippen LogP contribution >= 0.6 is 0 Å². The standard InChI is InChI=1S/C13H21N3O4S/c1-8(2)15-13(17)9(3)16-21(18,19)12-6-5-10(14)7-11(12)20-4/h5-9,16H,14H2,1-4H3,(H,15,17). The fourth-order valence-corrected chi connectivity index (χ4v) is 3.02. The summed E-state index contributed by atoms with van der Waals surface area (Å²) in [4.78, 5) is 11.7. The third-order valence-electron chi connectivity index (χ3n) is 2.63. The van der Waals surface area contributed by atoms with Crippen molar-refractivity contribution < 1.29 is 17.9 Å². The summed E-state index contributed by atoms with van der Waals surface area (Å²) in [6, 6.07) is 3.22. The predicted octanol–water partition coefficient (Wildman–Crippen LogP) is 0.469. The van der Waals surface area contributed by atoms with Crippen LogP contribution in [0.1, 0.15) is 20.8 Å². The number of rotatable bonds is 6. The molecule has 8 heteroatoms. The summed E-state index contributed by atoms with van der Waals surface area (Å²) in [6.07, 6.45) is 0. The van der Waals surface area contributed by atoms with Gasteiger partial charge in [0.2, 0.25) is 15.9 Å². The lowest BCUT2D eigenvalue weighted by Crippen LogP contribution is -2.46. The van der Waals surface area contributed by atoms with Gasteiger partial charge in [0.15, 0.2) is 0 Å². The summed E-state index contributed by atoms with van der Waals surface area (Å²) in [5, 5.41) is 2.64. The zero-order chi connectivity index (χ0) is 16.2. The van der Waals surface area contributed by atoms with Crippen LogP contribution in [0, 0.1) is 0 Å². The third-order valence-corrected chi connectivity index (χ3v) is 4.21. The van der Waals surface area contributed by atoms with Gasteiger partial charge in [-0.1, -0.05) is 0 Å². The van der Waals surface area contributed by atoms with Crippen molar-refractivity contribution >= 4 is 21.6 Å². The molecule has 1 unspecified atom stereocenters. The molecule has 0 heterocycles. The lowest BCUT2D eigenvalue weighted by Gasteiger charge is -2.17. The second kappa shape index (κ2) is 6.77. The molecule has 4 N–H and O–H groups in total. The van der Waals surface area contributed by atoms with Crippen LogP contribution < -0.4 is 20.5 Å². The first-order valence-electron chi connectivity index (χ1n) is 6.43. The van der Waals surface area contributed by atoms with Gasteiger partial charge in [0.1, 0.15) is 10.6 Å². The topological polar surface area (TPSA) is 111 Å². The maximum Gasteiger partial charge on any atom is 0.244 e. The first kappa shape index (κ1) is 17.3. The highest BCUT2D eigenvalue weighted by molar-refractivity contribution is 7.89. The van der Waals surface area contributed by atoms with Crippen LogP contribution in [-0.4, -0.2) is 33.5 Å². The molecule has 0 bridgehead atoms. The molecule has 7 nitrogen and oxygen atoms in total. The number of carbonyl (C=O) groups is 1. The molecular weight excluding hydrogens is 294 g/mol. The molecule has 0 aliphatic heterocycles. The fraction of sp³-hybridized carbons (Fsp3) is 0.462. The molecule has 21 heavy (non-hydrogen) atoms. The van der Waals surface area contributed by atoms with E-state index in [1.54, 1.807) is 13.8 Å². The molecule has 1 aromatic rings. The highest BCUT2D eigenvalue weighted by Crippen LogP contribution is 2.25. The van der Waals surface area contributed by atoms with E-state index in [9.17, 15) is 13.2 Å². The second-order valence-electron chi connectivity index (χ2n) is 4.92. The molecular formula is C13H21N3O4S. The third kappa shape index (κ3) is 4.61. The Labute approximate surface area is 124 Å². The fourth-order valence-electron chi connectivity index (χ4n) is 1.67. The van der Waals surface area contributed by atoms with Gasteiger partial charge in [0.25, 0.3) is 0 Å². The minimum Gasteiger partial charge on any atom is -0.495 e. The summed E-state index contributed by atoms with van der Waals surface area (Å²) in [7, 11) is -2.54. The molecule has 0 fully saturated rings. The Kier molecular flexibility index (Phi) is 5.56. The number of carbonyl (C=O) groups excluding carboxylic acids is 1. The Balaban J connectivity index is 2.99. The molecule has 1 rings (SSSR count). The lowest BCUT2D eigenvalue weighted by molar-refractivity contribution is -0.122. The van der Waals surface area contributed by atoms with Gasteiger partial charge in [-0.25, -0.2) is 8.42 Å². The van der Waals surface area contributed by atoms with Crippen molar-refractivity contribution in [2.45, 2.75) is 37.8 Å². The summed E-state index contributed by atoms with van der Waals surface area (Å²) in [6.45, 7) is 5.06. The van der Waals surface area contributed by atoms with Gasteiger partial charge in [-0.05, 0) is 32.9 Å². The van der Waals surface area contributed by atoms with Gasteiger partial charge in [0.05, 0.1) is 13.2 Å². The van der Waals surface area contributed by atoms with E-state index in [2.05, 4.69) is 10.0 Å². The lowest BCUT2D eigenvalue weighted by atomic mass is 10.3. The van der Waals surface area contributed by atoms with Crippen LogP contribution in [-0.2, 0) is 14.8 Å². The van der Waals surface area contributed by atoms with Crippen LogP contribution in [0.5, 0.6) is 5.75 Å². The first-order valence-corrected chi connectivity index (χ1v) is 7.92. The van der Waals surface area contributed by atoms with Crippen molar-refractivity contribution in [3.05, 3.63) is 18.2 Å². The number of nitrogens with two attached hydrogens (primary N) is 1. The zero-order valence-electron chi connectivity index (χ0n) is 12.5. The summed E-state index contributed by atoms with van der Waals surface area (Å²) in [5.74, 6) is -0.276. The summed E-state index contributed by atoms with van der Waals surface area (Å²) >= 11 is 0. The van der Waals surface area contributed by atoms with Crippen molar-refractivity contribution in [3.63, 3.8) is 0 Å². The number of hydrogen-bond donors (Lipinski definition) is 3. The molecule has 118 valence electrons. The highest BCUT2D eigenvalue weighted by atomic mass is 32.2. The molecule has 1 aromatic carbocycles. The van der Waals surface area contributed by atoms with Crippen LogP contribution in [0.4, 0.5) is 5.69 Å². The van der Waals surface area contributed by atoms with E-state index < -0.39 is 22.0 Å². The minimum absolute atomic E-state index is 0.0663. The molecule has 0 aliphatic carbocycles. The molecule has 0 aromatic heterocycles. The average molecular weight is 315 g/mol. The van der Waals surface area contributed by atoms with Gasteiger partial charge in [-0.15, -0.1) is 0 Å². The monoisotopic (exact) mass is 315 g/mol. The van der Waals surface area contributed by atoms with Crippen molar-refractivity contribution in [3.8, 4) is 5.75 Å². The minimum atomic E-state index is -3.89. The van der Waals surface area contributed by atoms with Gasteiger partial charge in [-0.2, -0.15) is 4.72 Å². The number of ether oxygens (including phenoxy) is 1. The summed E-state index contributed by atoms with van der Waals surface area (Å²) in [5.41, 5.74) is 5.98. The van der Waals surface area contributed by atoms with E-state index in [0.29, 0.717) is 5.69 Å². The molecule has 0 saturated heterocycles. The Hall–Kier alpha value is -1.80. The van der Waals surface area contributed by atoms with E-state index in [0.717, 1.165) is 0 Å². The Bertz CT molecular complexity index is 614. The van der Waals surface area contributed by atoms with Crippen molar-refractivity contribution in [1.29, 1.82) is 0 Å². The smallest absolute Gasteiger partial charge is 0.244 e. The number of amides is 1. The van der Waals surface area contributed by atoms with Crippen LogP contribution in [0.25, 0.3) is 0 Å². The first-order chi connectivity index (χ1) is 9.67. The van der Waals surface area contributed by atoms with Crippen molar-refractivity contribution in [1.82, 2.24) is 10.0 Å². The van der Waals surface area contributed by atoms with E-state index in [4.69, 9.17) is 10.5 Å². The number of hydrogen-bond acceptors (Lipinski definition) is 5. The van der Waals surface area contributed by atoms with Crippen molar-refractivity contribution in [2.75, 3.05) is 12.8 Å². The van der Waals surface area contributed by atoms with Crippen LogP contribution in [0.15, 0.2) is 23.1 Å². The van der Waals surface area contributed by atoms with Crippen molar-refractivity contribution in [2.24, 2.45) is 0 Å². The number of nitrogens with one attached hydrogen (secondary N) is 2. The Morgan fingerprint density at radius 1 is 1.29 bits per heavy atom. The van der Waals surface area contributed by atoms with Gasteiger partial charge < -0.3 is 15.8 Å². The molecule has 1 amide bonds. The van der Waals surface area contributed by atoms with E-state index >= 15 is 0 Å². The number of benzene rings is 1. The number of methoxy groups -OCH3 is 1. The normalized spacial score (nSPS) is 13.0.